The van der Waals surface area contributed by atoms with E-state index in [0.717, 1.165) is 43.9 Å². The summed E-state index contributed by atoms with van der Waals surface area (Å²) in [5.41, 5.74) is 3.06. The van der Waals surface area contributed by atoms with Crippen LogP contribution in [0.4, 0.5) is 21.7 Å². The summed E-state index contributed by atoms with van der Waals surface area (Å²) in [4.78, 5) is 27.3. The van der Waals surface area contributed by atoms with Crippen molar-refractivity contribution in [3.63, 3.8) is 0 Å². The van der Waals surface area contributed by atoms with Gasteiger partial charge in [-0.1, -0.05) is 30.3 Å². The molecule has 1 aromatic heterocycles. The fourth-order valence-electron chi connectivity index (χ4n) is 5.46. The second-order valence-electron chi connectivity index (χ2n) is 12.4. The molecule has 4 aromatic rings. The van der Waals surface area contributed by atoms with Gasteiger partial charge in [0.15, 0.2) is 23.1 Å². The number of hydrogen-bond acceptors (Lipinski definition) is 9. The molecule has 0 spiro atoms. The van der Waals surface area contributed by atoms with E-state index in [1.165, 1.54) is 12.3 Å². The number of carbonyl (C=O) groups is 1. The number of piperazine rings is 1. The van der Waals surface area contributed by atoms with Gasteiger partial charge in [0.25, 0.3) is 5.91 Å². The van der Waals surface area contributed by atoms with E-state index in [2.05, 4.69) is 44.2 Å². The molecule has 0 radical (unpaired) electrons. The first-order valence-electron chi connectivity index (χ1n) is 16.4. The molecule has 1 aliphatic heterocycles. The summed E-state index contributed by atoms with van der Waals surface area (Å²) in [7, 11) is 0. The van der Waals surface area contributed by atoms with E-state index in [0.29, 0.717) is 35.5 Å². The van der Waals surface area contributed by atoms with E-state index >= 15 is 4.39 Å². The molecule has 0 aliphatic carbocycles. The van der Waals surface area contributed by atoms with Gasteiger partial charge in [-0.3, -0.25) is 14.6 Å². The molecule has 0 unspecified atom stereocenters. The van der Waals surface area contributed by atoms with Crippen LogP contribution in [-0.4, -0.2) is 77.2 Å². The first-order valence-corrected chi connectivity index (χ1v) is 16.4. The quantitative estimate of drug-likeness (QED) is 0.155. The zero-order chi connectivity index (χ0) is 34.2. The Bertz CT molecular complexity index is 1690. The number of benzene rings is 3. The van der Waals surface area contributed by atoms with Crippen molar-refractivity contribution in [3.05, 3.63) is 89.4 Å². The number of aryl methyl sites for hydroxylation is 2. The molecule has 5 rings (SSSR count). The van der Waals surface area contributed by atoms with Crippen LogP contribution in [0.25, 0.3) is 0 Å². The molecule has 2 heterocycles. The highest BCUT2D eigenvalue weighted by Gasteiger charge is 2.21. The maximum absolute atomic E-state index is 15.1. The number of amides is 1. The lowest BCUT2D eigenvalue weighted by atomic mass is 10.1. The number of nitrogens with zero attached hydrogens (tertiary/aromatic N) is 4. The Morgan fingerprint density at radius 3 is 2.29 bits per heavy atom. The molecule has 254 valence electrons. The fraction of sp³-hybridized carbons (Fsp3) is 0.378. The first kappa shape index (κ1) is 34.6. The third-order valence-electron chi connectivity index (χ3n) is 8.13. The molecule has 1 aliphatic rings. The van der Waals surface area contributed by atoms with Crippen molar-refractivity contribution in [2.75, 3.05) is 50.0 Å². The van der Waals surface area contributed by atoms with Crippen LogP contribution in [0, 0.1) is 19.7 Å². The number of carbonyl (C=O) groups excluding carboxylic acids is 1. The van der Waals surface area contributed by atoms with Crippen LogP contribution in [0.2, 0.25) is 0 Å². The molecule has 0 bridgehead atoms. The number of nitrogens with one attached hydrogen (secondary N) is 2. The van der Waals surface area contributed by atoms with Crippen LogP contribution in [0.3, 0.4) is 0 Å². The van der Waals surface area contributed by atoms with Gasteiger partial charge in [0.05, 0.1) is 6.10 Å². The molecular formula is C37H45FN6O4. The van der Waals surface area contributed by atoms with Crippen molar-refractivity contribution < 1.29 is 23.4 Å². The van der Waals surface area contributed by atoms with Crippen LogP contribution < -0.4 is 24.8 Å². The topological polar surface area (TPSA) is 101 Å². The van der Waals surface area contributed by atoms with Crippen molar-refractivity contribution in [2.45, 2.75) is 53.7 Å². The normalized spacial score (nSPS) is 13.9. The van der Waals surface area contributed by atoms with Crippen LogP contribution in [0.1, 0.15) is 49.2 Å². The minimum Gasteiger partial charge on any atom is -0.489 e. The van der Waals surface area contributed by atoms with Gasteiger partial charge in [0.2, 0.25) is 11.8 Å². The SMILES string of the molecule is Cc1cccc(C)c1NC(=O)c1cnc(Nc2ccc(OCCN3CCN(C(C)C)CC3)c(F)c2)nc1Oc1ccccc1OC(C)C. The lowest BCUT2D eigenvalue weighted by Crippen LogP contribution is -2.49. The molecule has 3 aromatic carbocycles. The molecule has 0 saturated carbocycles. The summed E-state index contributed by atoms with van der Waals surface area (Å²) in [6.45, 7) is 17.2. The van der Waals surface area contributed by atoms with Crippen LogP contribution in [-0.2, 0) is 0 Å². The van der Waals surface area contributed by atoms with Gasteiger partial charge < -0.3 is 24.8 Å². The van der Waals surface area contributed by atoms with Crippen molar-refractivity contribution in [3.8, 4) is 23.1 Å². The van der Waals surface area contributed by atoms with Gasteiger partial charge in [-0.15, -0.1) is 0 Å². The Morgan fingerprint density at radius 2 is 1.62 bits per heavy atom. The van der Waals surface area contributed by atoms with E-state index < -0.39 is 11.7 Å². The molecule has 1 saturated heterocycles. The summed E-state index contributed by atoms with van der Waals surface area (Å²) >= 11 is 0. The molecule has 10 nitrogen and oxygen atoms in total. The molecular weight excluding hydrogens is 611 g/mol. The number of hydrogen-bond donors (Lipinski definition) is 2. The van der Waals surface area contributed by atoms with Crippen molar-refractivity contribution >= 4 is 23.2 Å². The number of para-hydroxylation sites is 3. The number of rotatable bonds is 13. The zero-order valence-corrected chi connectivity index (χ0v) is 28.5. The summed E-state index contributed by atoms with van der Waals surface area (Å²) in [5, 5.41) is 6.00. The zero-order valence-electron chi connectivity index (χ0n) is 28.5. The van der Waals surface area contributed by atoms with Crippen molar-refractivity contribution in [1.82, 2.24) is 19.8 Å². The highest BCUT2D eigenvalue weighted by atomic mass is 19.1. The Hall–Kier alpha value is -4.74. The number of halogens is 1. The third-order valence-corrected chi connectivity index (χ3v) is 8.13. The third kappa shape index (κ3) is 8.99. The number of aromatic nitrogens is 2. The van der Waals surface area contributed by atoms with Crippen LogP contribution >= 0.6 is 0 Å². The van der Waals surface area contributed by atoms with Gasteiger partial charge in [0.1, 0.15) is 12.2 Å². The van der Waals surface area contributed by atoms with Gasteiger partial charge in [-0.2, -0.15) is 4.98 Å². The predicted molar refractivity (Wildman–Crippen MR) is 187 cm³/mol. The maximum Gasteiger partial charge on any atom is 0.262 e. The highest BCUT2D eigenvalue weighted by molar-refractivity contribution is 6.06. The summed E-state index contributed by atoms with van der Waals surface area (Å²) in [5.74, 6) is 0.223. The Balaban J connectivity index is 1.32. The Kier molecular flexibility index (Phi) is 11.5. The number of anilines is 3. The van der Waals surface area contributed by atoms with E-state index in [1.54, 1.807) is 30.3 Å². The van der Waals surface area contributed by atoms with Gasteiger partial charge >= 0.3 is 0 Å². The average Bonchev–Trinajstić information content (AvgIpc) is 3.05. The molecule has 11 heteroatoms. The predicted octanol–water partition coefficient (Wildman–Crippen LogP) is 7.21. The van der Waals surface area contributed by atoms with E-state index in [9.17, 15) is 4.79 Å². The molecule has 1 fully saturated rings. The second kappa shape index (κ2) is 15.9. The molecule has 48 heavy (non-hydrogen) atoms. The molecule has 0 atom stereocenters. The van der Waals surface area contributed by atoms with Gasteiger partial charge in [0, 0.05) is 62.4 Å². The van der Waals surface area contributed by atoms with Crippen molar-refractivity contribution in [2.24, 2.45) is 0 Å². The number of ether oxygens (including phenoxy) is 3. The summed E-state index contributed by atoms with van der Waals surface area (Å²) < 4.78 is 33.0. The van der Waals surface area contributed by atoms with Gasteiger partial charge in [-0.05, 0) is 76.9 Å². The van der Waals surface area contributed by atoms with Crippen molar-refractivity contribution in [1.29, 1.82) is 0 Å². The minimum atomic E-state index is -0.509. The average molecular weight is 657 g/mol. The minimum absolute atomic E-state index is 0.00527. The smallest absolute Gasteiger partial charge is 0.262 e. The lowest BCUT2D eigenvalue weighted by Gasteiger charge is -2.36. The monoisotopic (exact) mass is 656 g/mol. The second-order valence-corrected chi connectivity index (χ2v) is 12.4. The summed E-state index contributed by atoms with van der Waals surface area (Å²) in [6.07, 6.45) is 1.28. The maximum atomic E-state index is 15.1. The Morgan fingerprint density at radius 1 is 0.917 bits per heavy atom. The highest BCUT2D eigenvalue weighted by Crippen LogP contribution is 2.34. The Labute approximate surface area is 282 Å². The van der Waals surface area contributed by atoms with E-state index in [-0.39, 0.29) is 29.2 Å². The van der Waals surface area contributed by atoms with E-state index in [1.807, 2.05) is 52.0 Å². The molecule has 2 N–H and O–H groups in total. The largest absolute Gasteiger partial charge is 0.489 e. The fourth-order valence-corrected chi connectivity index (χ4v) is 5.46. The van der Waals surface area contributed by atoms with E-state index in [4.69, 9.17) is 14.2 Å². The first-order chi connectivity index (χ1) is 23.1. The molecule has 1 amide bonds. The lowest BCUT2D eigenvalue weighted by molar-refractivity contribution is 0.0965. The van der Waals surface area contributed by atoms with Crippen LogP contribution in [0.5, 0.6) is 23.1 Å². The standard InChI is InChI=1S/C37H45FN6O4/c1-24(2)44-18-16-43(17-19-44)20-21-46-31-15-14-28(22-30(31)38)40-37-39-23-29(35(45)41-34-26(5)10-9-11-27(34)6)36(42-37)48-33-13-8-7-12-32(33)47-25(3)4/h7-15,22-25H,16-21H2,1-6H3,(H,41,45)(H,39,40,42). The van der Waals surface area contributed by atoms with Gasteiger partial charge in [-0.25, -0.2) is 9.37 Å². The summed E-state index contributed by atoms with van der Waals surface area (Å²) in [6, 6.07) is 18.1. The van der Waals surface area contributed by atoms with Crippen LogP contribution in [0.15, 0.2) is 66.9 Å².